The average molecular weight is 297 g/mol. The summed E-state index contributed by atoms with van der Waals surface area (Å²) in [4.78, 5) is 33.4. The number of rotatable bonds is 7. The summed E-state index contributed by atoms with van der Waals surface area (Å²) in [5.41, 5.74) is 0. The van der Waals surface area contributed by atoms with E-state index in [-0.39, 0.29) is 12.8 Å². The van der Waals surface area contributed by atoms with Gasteiger partial charge in [-0.3, -0.25) is 14.9 Å². The molecule has 0 aliphatic rings. The lowest BCUT2D eigenvalue weighted by molar-refractivity contribution is -0.137. The minimum Gasteiger partial charge on any atom is -0.481 e. The largest absolute Gasteiger partial charge is 0.481 e. The Morgan fingerprint density at radius 1 is 1.33 bits per heavy atom. The number of carboxylic acids is 1. The van der Waals surface area contributed by atoms with Crippen LogP contribution in [0.5, 0.6) is 0 Å². The van der Waals surface area contributed by atoms with Crippen LogP contribution in [-0.2, 0) is 16.6 Å². The second-order valence-corrected chi connectivity index (χ2v) is 4.64. The first-order valence-electron chi connectivity index (χ1n) is 6.56. The summed E-state index contributed by atoms with van der Waals surface area (Å²) in [7, 11) is 1.75. The summed E-state index contributed by atoms with van der Waals surface area (Å²) in [6.07, 6.45) is 2.46. The van der Waals surface area contributed by atoms with Crippen LogP contribution < -0.4 is 10.6 Å². The third kappa shape index (κ3) is 6.02. The van der Waals surface area contributed by atoms with Crippen LogP contribution in [-0.4, -0.2) is 37.8 Å². The maximum Gasteiger partial charge on any atom is 0.322 e. The molecule has 0 aliphatic carbocycles. The van der Waals surface area contributed by atoms with E-state index in [1.54, 1.807) is 18.5 Å². The van der Waals surface area contributed by atoms with Crippen molar-refractivity contribution in [2.45, 2.75) is 38.6 Å². The predicted octanol–water partition coefficient (Wildman–Crippen LogP) is 0.347. The van der Waals surface area contributed by atoms with Gasteiger partial charge in [0, 0.05) is 19.9 Å². The number of urea groups is 1. The lowest BCUT2D eigenvalue weighted by atomic mass is 10.2. The zero-order chi connectivity index (χ0) is 15.8. The molecule has 0 spiro atoms. The van der Waals surface area contributed by atoms with Crippen LogP contribution >= 0.6 is 0 Å². The van der Waals surface area contributed by atoms with E-state index in [4.69, 9.17) is 5.11 Å². The Balaban J connectivity index is 2.28. The van der Waals surface area contributed by atoms with Crippen LogP contribution in [0.3, 0.4) is 0 Å². The van der Waals surface area contributed by atoms with Crippen molar-refractivity contribution in [3.63, 3.8) is 0 Å². The van der Waals surface area contributed by atoms with Gasteiger partial charge in [0.25, 0.3) is 0 Å². The van der Waals surface area contributed by atoms with E-state index in [1.807, 2.05) is 0 Å². The number of aromatic nitrogens is 3. The Morgan fingerprint density at radius 3 is 2.57 bits per heavy atom. The molecule has 21 heavy (non-hydrogen) atoms. The Hall–Kier alpha value is -2.45. The number of carbonyl (C=O) groups is 3. The van der Waals surface area contributed by atoms with E-state index >= 15 is 0 Å². The molecule has 1 aromatic rings. The molecule has 0 fully saturated rings. The van der Waals surface area contributed by atoms with Gasteiger partial charge >= 0.3 is 12.0 Å². The van der Waals surface area contributed by atoms with Crippen LogP contribution in [0.2, 0.25) is 0 Å². The summed E-state index contributed by atoms with van der Waals surface area (Å²) in [5, 5.41) is 20.8. The Kier molecular flexibility index (Phi) is 6.31. The summed E-state index contributed by atoms with van der Waals surface area (Å²) >= 11 is 0. The maximum atomic E-state index is 11.6. The van der Waals surface area contributed by atoms with E-state index in [1.165, 1.54) is 6.33 Å². The molecule has 3 amide bonds. The molecular formula is C12H19N5O4. The molecule has 1 atom stereocenters. The summed E-state index contributed by atoms with van der Waals surface area (Å²) < 4.78 is 1.67. The molecule has 1 heterocycles. The topological polar surface area (TPSA) is 126 Å². The van der Waals surface area contributed by atoms with Crippen molar-refractivity contribution < 1.29 is 19.5 Å². The van der Waals surface area contributed by atoms with Crippen LogP contribution in [0, 0.1) is 0 Å². The van der Waals surface area contributed by atoms with Crippen molar-refractivity contribution in [2.24, 2.45) is 7.05 Å². The van der Waals surface area contributed by atoms with Gasteiger partial charge in [-0.25, -0.2) is 4.79 Å². The number of nitrogens with one attached hydrogen (secondary N) is 2. The lowest BCUT2D eigenvalue weighted by Crippen LogP contribution is -2.41. The van der Waals surface area contributed by atoms with Gasteiger partial charge in [-0.2, -0.15) is 0 Å². The number of hydrogen-bond acceptors (Lipinski definition) is 5. The van der Waals surface area contributed by atoms with Gasteiger partial charge in [-0.1, -0.05) is 0 Å². The first kappa shape index (κ1) is 16.6. The second kappa shape index (κ2) is 7.98. The highest BCUT2D eigenvalue weighted by molar-refractivity contribution is 5.94. The first-order valence-corrected chi connectivity index (χ1v) is 6.56. The van der Waals surface area contributed by atoms with E-state index in [0.29, 0.717) is 18.7 Å². The molecule has 0 bridgehead atoms. The number of nitrogens with zero attached hydrogens (tertiary/aromatic N) is 3. The molecule has 1 unspecified atom stereocenters. The normalized spacial score (nSPS) is 11.7. The minimum atomic E-state index is -0.898. The standard InChI is InChI=1S/C12H19N5O4/c1-8(11-16-13-7-17(11)2)14-12(21)15-9(18)5-3-4-6-10(19)20/h7-8H,3-6H2,1-2H3,(H,19,20)(H2,14,15,18,21). The van der Waals surface area contributed by atoms with Crippen molar-refractivity contribution in [3.05, 3.63) is 12.2 Å². The molecule has 1 aromatic heterocycles. The zero-order valence-corrected chi connectivity index (χ0v) is 12.0. The highest BCUT2D eigenvalue weighted by Gasteiger charge is 2.15. The minimum absolute atomic E-state index is 0.0165. The third-order valence-corrected chi connectivity index (χ3v) is 2.78. The number of imide groups is 1. The smallest absolute Gasteiger partial charge is 0.322 e. The first-order chi connectivity index (χ1) is 9.90. The van der Waals surface area contributed by atoms with Gasteiger partial charge in [-0.15, -0.1) is 10.2 Å². The van der Waals surface area contributed by atoms with E-state index in [0.717, 1.165) is 0 Å². The number of unbranched alkanes of at least 4 members (excludes halogenated alkanes) is 1. The van der Waals surface area contributed by atoms with Gasteiger partial charge in [0.05, 0.1) is 6.04 Å². The fourth-order valence-electron chi connectivity index (χ4n) is 1.73. The van der Waals surface area contributed by atoms with Crippen LogP contribution in [0.25, 0.3) is 0 Å². The Bertz CT molecular complexity index is 514. The summed E-state index contributed by atoms with van der Waals surface area (Å²) in [6, 6.07) is -1.01. The van der Waals surface area contributed by atoms with Gasteiger partial charge in [0.15, 0.2) is 5.82 Å². The van der Waals surface area contributed by atoms with Gasteiger partial charge in [0.1, 0.15) is 6.33 Å². The fourth-order valence-corrected chi connectivity index (χ4v) is 1.73. The number of amides is 3. The summed E-state index contributed by atoms with van der Waals surface area (Å²) in [5.74, 6) is -0.771. The summed E-state index contributed by atoms with van der Waals surface area (Å²) in [6.45, 7) is 1.72. The molecule has 0 aliphatic heterocycles. The molecule has 0 aromatic carbocycles. The highest BCUT2D eigenvalue weighted by Crippen LogP contribution is 2.06. The van der Waals surface area contributed by atoms with Crippen LogP contribution in [0.1, 0.15) is 44.5 Å². The fraction of sp³-hybridized carbons (Fsp3) is 0.583. The van der Waals surface area contributed by atoms with E-state index in [9.17, 15) is 14.4 Å². The molecule has 116 valence electrons. The number of aliphatic carboxylic acids is 1. The van der Waals surface area contributed by atoms with Crippen LogP contribution in [0.15, 0.2) is 6.33 Å². The number of aryl methyl sites for hydroxylation is 1. The molecule has 0 saturated heterocycles. The van der Waals surface area contributed by atoms with Gasteiger partial charge in [-0.05, 0) is 19.8 Å². The molecule has 9 nitrogen and oxygen atoms in total. The quantitative estimate of drug-likeness (QED) is 0.623. The van der Waals surface area contributed by atoms with Gasteiger partial charge in [0.2, 0.25) is 5.91 Å². The SMILES string of the molecule is CC(NC(=O)NC(=O)CCCCC(=O)O)c1nncn1C. The van der Waals surface area contributed by atoms with Crippen LogP contribution in [0.4, 0.5) is 4.79 Å². The van der Waals surface area contributed by atoms with Crippen molar-refractivity contribution in [2.75, 3.05) is 0 Å². The van der Waals surface area contributed by atoms with Crippen molar-refractivity contribution in [3.8, 4) is 0 Å². The maximum absolute atomic E-state index is 11.6. The average Bonchev–Trinajstić information content (AvgIpc) is 2.80. The third-order valence-electron chi connectivity index (χ3n) is 2.78. The molecular weight excluding hydrogens is 278 g/mol. The molecule has 9 heteroatoms. The van der Waals surface area contributed by atoms with E-state index < -0.39 is 23.9 Å². The zero-order valence-electron chi connectivity index (χ0n) is 12.0. The predicted molar refractivity (Wildman–Crippen MR) is 72.2 cm³/mol. The van der Waals surface area contributed by atoms with Crippen molar-refractivity contribution >= 4 is 17.9 Å². The van der Waals surface area contributed by atoms with E-state index in [2.05, 4.69) is 20.8 Å². The van der Waals surface area contributed by atoms with Crippen molar-refractivity contribution in [1.82, 2.24) is 25.4 Å². The molecule has 1 rings (SSSR count). The van der Waals surface area contributed by atoms with Gasteiger partial charge < -0.3 is 15.0 Å². The molecule has 0 saturated carbocycles. The number of carbonyl (C=O) groups excluding carboxylic acids is 2. The highest BCUT2D eigenvalue weighted by atomic mass is 16.4. The lowest BCUT2D eigenvalue weighted by Gasteiger charge is -2.13. The monoisotopic (exact) mass is 297 g/mol. The number of hydrogen-bond donors (Lipinski definition) is 3. The Morgan fingerprint density at radius 2 is 2.00 bits per heavy atom. The second-order valence-electron chi connectivity index (χ2n) is 4.64. The molecule has 3 N–H and O–H groups in total. The molecule has 0 radical (unpaired) electrons. The Labute approximate surface area is 121 Å². The number of carboxylic acid groups (broad SMARTS) is 1. The van der Waals surface area contributed by atoms with Crippen molar-refractivity contribution in [1.29, 1.82) is 0 Å².